The van der Waals surface area contributed by atoms with Crippen LogP contribution in [-0.4, -0.2) is 63.7 Å². The Labute approximate surface area is 175 Å². The summed E-state index contributed by atoms with van der Waals surface area (Å²) in [6.45, 7) is 5.14. The molecule has 0 N–H and O–H groups in total. The monoisotopic (exact) mass is 399 g/mol. The number of carbonyl (C=O) groups is 1. The standard InChI is InChI=1S/C23H37N5O/c1-26-11-7-18(8-12-26)13-21(29)27-15-20(23(16-27)9-3-2-4-10-23)22-25-24-17-28(22)14-19-5-6-19/h17-20H,2-16H2,1H3. The lowest BCUT2D eigenvalue weighted by molar-refractivity contribution is -0.132. The first kappa shape index (κ1) is 19.5. The van der Waals surface area contributed by atoms with Gasteiger partial charge in [0.05, 0.1) is 0 Å². The fourth-order valence-electron chi connectivity index (χ4n) is 6.17. The Morgan fingerprint density at radius 2 is 1.86 bits per heavy atom. The van der Waals surface area contributed by atoms with Crippen LogP contribution in [0.1, 0.15) is 76.0 Å². The van der Waals surface area contributed by atoms with Crippen LogP contribution in [0, 0.1) is 17.3 Å². The smallest absolute Gasteiger partial charge is 0.222 e. The molecule has 4 aliphatic rings. The van der Waals surface area contributed by atoms with Gasteiger partial charge >= 0.3 is 0 Å². The maximum absolute atomic E-state index is 13.3. The van der Waals surface area contributed by atoms with Crippen molar-refractivity contribution in [1.82, 2.24) is 24.6 Å². The van der Waals surface area contributed by atoms with E-state index in [-0.39, 0.29) is 5.41 Å². The third-order valence-electron chi connectivity index (χ3n) is 8.26. The summed E-state index contributed by atoms with van der Waals surface area (Å²) >= 11 is 0. The van der Waals surface area contributed by atoms with Crippen LogP contribution in [0.2, 0.25) is 0 Å². The Morgan fingerprint density at radius 3 is 2.59 bits per heavy atom. The molecule has 1 unspecified atom stereocenters. The summed E-state index contributed by atoms with van der Waals surface area (Å²) in [5, 5.41) is 8.92. The highest BCUT2D eigenvalue weighted by atomic mass is 16.2. The van der Waals surface area contributed by atoms with Crippen LogP contribution < -0.4 is 0 Å². The lowest BCUT2D eigenvalue weighted by atomic mass is 9.67. The number of carbonyl (C=O) groups excluding carboxylic acids is 1. The van der Waals surface area contributed by atoms with Gasteiger partial charge in [-0.1, -0.05) is 19.3 Å². The largest absolute Gasteiger partial charge is 0.341 e. The Kier molecular flexibility index (Phi) is 5.39. The first-order valence-corrected chi connectivity index (χ1v) is 12.0. The zero-order valence-corrected chi connectivity index (χ0v) is 18.1. The molecule has 160 valence electrons. The summed E-state index contributed by atoms with van der Waals surface area (Å²) in [4.78, 5) is 17.9. The van der Waals surface area contributed by atoms with Crippen LogP contribution in [-0.2, 0) is 11.3 Å². The van der Waals surface area contributed by atoms with Crippen LogP contribution in [0.25, 0.3) is 0 Å². The van der Waals surface area contributed by atoms with E-state index in [9.17, 15) is 4.79 Å². The Morgan fingerprint density at radius 1 is 1.10 bits per heavy atom. The van der Waals surface area contributed by atoms with Crippen molar-refractivity contribution in [3.63, 3.8) is 0 Å². The van der Waals surface area contributed by atoms with Crippen molar-refractivity contribution in [1.29, 1.82) is 0 Å². The van der Waals surface area contributed by atoms with Crippen molar-refractivity contribution < 1.29 is 4.79 Å². The second-order valence-electron chi connectivity index (χ2n) is 10.5. The van der Waals surface area contributed by atoms with Gasteiger partial charge in [-0.3, -0.25) is 4.79 Å². The van der Waals surface area contributed by atoms with Crippen LogP contribution in [0.5, 0.6) is 0 Å². The minimum atomic E-state index is 0.231. The van der Waals surface area contributed by atoms with E-state index in [0.29, 0.717) is 17.7 Å². The zero-order valence-electron chi connectivity index (χ0n) is 18.1. The maximum atomic E-state index is 13.3. The molecule has 2 aliphatic carbocycles. The average Bonchev–Trinajstić information content (AvgIpc) is 3.31. The van der Waals surface area contributed by atoms with E-state index in [1.54, 1.807) is 0 Å². The molecule has 1 amide bonds. The fourth-order valence-corrected chi connectivity index (χ4v) is 6.17. The summed E-state index contributed by atoms with van der Waals surface area (Å²) in [7, 11) is 2.19. The molecule has 2 saturated carbocycles. The van der Waals surface area contributed by atoms with Gasteiger partial charge in [0.2, 0.25) is 5.91 Å². The van der Waals surface area contributed by atoms with Gasteiger partial charge in [-0.25, -0.2) is 0 Å². The summed E-state index contributed by atoms with van der Waals surface area (Å²) in [5.74, 6) is 3.30. The van der Waals surface area contributed by atoms with Crippen molar-refractivity contribution in [3.05, 3.63) is 12.2 Å². The van der Waals surface area contributed by atoms with E-state index in [1.165, 1.54) is 57.8 Å². The molecular weight excluding hydrogens is 362 g/mol. The summed E-state index contributed by atoms with van der Waals surface area (Å²) in [5.41, 5.74) is 0.231. The van der Waals surface area contributed by atoms with Crippen molar-refractivity contribution in [3.8, 4) is 0 Å². The van der Waals surface area contributed by atoms with E-state index in [1.807, 2.05) is 6.33 Å². The highest BCUT2D eigenvalue weighted by Crippen LogP contribution is 2.52. The van der Waals surface area contributed by atoms with Gasteiger partial charge in [-0.2, -0.15) is 0 Å². The molecular formula is C23H37N5O. The Balaban J connectivity index is 1.32. The highest BCUT2D eigenvalue weighted by molar-refractivity contribution is 5.77. The highest BCUT2D eigenvalue weighted by Gasteiger charge is 2.50. The number of nitrogens with zero attached hydrogens (tertiary/aromatic N) is 5. The predicted octanol–water partition coefficient (Wildman–Crippen LogP) is 3.30. The van der Waals surface area contributed by atoms with Crippen LogP contribution >= 0.6 is 0 Å². The maximum Gasteiger partial charge on any atom is 0.222 e. The molecule has 4 fully saturated rings. The van der Waals surface area contributed by atoms with Crippen LogP contribution in [0.3, 0.4) is 0 Å². The first-order valence-electron chi connectivity index (χ1n) is 12.0. The van der Waals surface area contributed by atoms with Gasteiger partial charge in [0.25, 0.3) is 0 Å². The molecule has 2 saturated heterocycles. The predicted molar refractivity (Wildman–Crippen MR) is 112 cm³/mol. The number of hydrogen-bond acceptors (Lipinski definition) is 4. The fraction of sp³-hybridized carbons (Fsp3) is 0.870. The minimum Gasteiger partial charge on any atom is -0.341 e. The summed E-state index contributed by atoms with van der Waals surface area (Å²) < 4.78 is 2.32. The zero-order chi connectivity index (χ0) is 19.8. The van der Waals surface area contributed by atoms with Crippen LogP contribution in [0.4, 0.5) is 0 Å². The number of amides is 1. The molecule has 1 aromatic heterocycles. The van der Waals surface area contributed by atoms with Gasteiger partial charge in [-0.05, 0) is 75.9 Å². The Hall–Kier alpha value is -1.43. The number of rotatable bonds is 5. The lowest BCUT2D eigenvalue weighted by Crippen LogP contribution is -2.36. The number of aromatic nitrogens is 3. The third kappa shape index (κ3) is 4.10. The molecule has 5 rings (SSSR count). The van der Waals surface area contributed by atoms with Crippen LogP contribution in [0.15, 0.2) is 6.33 Å². The van der Waals surface area contributed by atoms with Gasteiger partial charge in [0.1, 0.15) is 12.2 Å². The topological polar surface area (TPSA) is 54.3 Å². The molecule has 6 nitrogen and oxygen atoms in total. The van der Waals surface area contributed by atoms with E-state index in [0.717, 1.165) is 50.9 Å². The Bertz CT molecular complexity index is 713. The molecule has 0 aromatic carbocycles. The number of piperidine rings is 1. The number of hydrogen-bond donors (Lipinski definition) is 0. The second-order valence-corrected chi connectivity index (χ2v) is 10.5. The molecule has 3 heterocycles. The molecule has 1 aromatic rings. The van der Waals surface area contributed by atoms with Crippen molar-refractivity contribution in [2.45, 2.75) is 76.7 Å². The summed E-state index contributed by atoms with van der Waals surface area (Å²) in [6, 6.07) is 0. The molecule has 0 bridgehead atoms. The van der Waals surface area contributed by atoms with E-state index in [2.05, 4.69) is 31.6 Å². The quantitative estimate of drug-likeness (QED) is 0.762. The van der Waals surface area contributed by atoms with E-state index in [4.69, 9.17) is 0 Å². The first-order chi connectivity index (χ1) is 14.1. The molecule has 1 atom stereocenters. The van der Waals surface area contributed by atoms with E-state index >= 15 is 0 Å². The SMILES string of the molecule is CN1CCC(CC(=O)N2CC(c3nncn3CC3CC3)C3(CCCCC3)C2)CC1. The average molecular weight is 400 g/mol. The summed E-state index contributed by atoms with van der Waals surface area (Å²) in [6.07, 6.45) is 14.1. The molecule has 1 spiro atoms. The van der Waals surface area contributed by atoms with E-state index < -0.39 is 0 Å². The van der Waals surface area contributed by atoms with Gasteiger partial charge in [0.15, 0.2) is 0 Å². The second kappa shape index (κ2) is 8.01. The molecule has 6 heteroatoms. The van der Waals surface area contributed by atoms with Crippen molar-refractivity contribution in [2.75, 3.05) is 33.2 Å². The number of likely N-dealkylation sites (tertiary alicyclic amines) is 2. The van der Waals surface area contributed by atoms with Gasteiger partial charge in [0, 0.05) is 32.0 Å². The molecule has 0 radical (unpaired) electrons. The third-order valence-corrected chi connectivity index (χ3v) is 8.26. The van der Waals surface area contributed by atoms with Gasteiger partial charge in [-0.15, -0.1) is 10.2 Å². The molecule has 29 heavy (non-hydrogen) atoms. The minimum absolute atomic E-state index is 0.231. The van der Waals surface area contributed by atoms with Crippen molar-refractivity contribution >= 4 is 5.91 Å². The normalized spacial score (nSPS) is 28.3. The van der Waals surface area contributed by atoms with Gasteiger partial charge < -0.3 is 14.4 Å². The molecule has 2 aliphatic heterocycles. The lowest BCUT2D eigenvalue weighted by Gasteiger charge is -2.37. The van der Waals surface area contributed by atoms with Crippen molar-refractivity contribution in [2.24, 2.45) is 17.3 Å².